The zero-order valence-corrected chi connectivity index (χ0v) is 2.23. The minimum Gasteiger partial charge on any atom is -0.392 e. The van der Waals surface area contributed by atoms with Gasteiger partial charge in [-0.05, 0) is 0 Å². The molecule has 1 fully saturated rings. The van der Waals surface area contributed by atoms with E-state index in [1.54, 1.807) is 0 Å². The van der Waals surface area contributed by atoms with Crippen LogP contribution in [0.2, 0.25) is 0 Å². The quantitative estimate of drug-likeness (QED) is 0.341. The van der Waals surface area contributed by atoms with Crippen LogP contribution in [0.4, 0.5) is 0 Å². The fourth-order valence-corrected chi connectivity index (χ4v) is 0.0833. The van der Waals surface area contributed by atoms with E-state index >= 15 is 0 Å². The summed E-state index contributed by atoms with van der Waals surface area (Å²) >= 11 is 0. The molecule has 0 amide bonds. The SMILES string of the molecule is B1OCO1. The third-order valence-corrected chi connectivity index (χ3v) is 0.333. The third-order valence-electron chi connectivity index (χ3n) is 0.333. The van der Waals surface area contributed by atoms with Crippen molar-refractivity contribution in [3.05, 3.63) is 0 Å². The van der Waals surface area contributed by atoms with Crippen molar-refractivity contribution in [1.82, 2.24) is 0 Å². The fraction of sp³-hybridized carbons (Fsp3) is 1.00. The molecule has 22 valence electrons. The molecule has 4 heavy (non-hydrogen) atoms. The van der Waals surface area contributed by atoms with E-state index in [2.05, 4.69) is 9.31 Å². The summed E-state index contributed by atoms with van der Waals surface area (Å²) in [5.74, 6) is 0. The van der Waals surface area contributed by atoms with Gasteiger partial charge in [-0.3, -0.25) is 0 Å². The van der Waals surface area contributed by atoms with Gasteiger partial charge in [-0.2, -0.15) is 0 Å². The predicted octanol–water partition coefficient (Wildman–Crippen LogP) is -0.743. The molecule has 1 heterocycles. The topological polar surface area (TPSA) is 18.5 Å². The van der Waals surface area contributed by atoms with E-state index in [1.165, 1.54) is 0 Å². The maximum Gasteiger partial charge on any atom is 0.441 e. The average molecular weight is 57.8 g/mol. The molecule has 0 radical (unpaired) electrons. The number of hydrogen-bond acceptors (Lipinski definition) is 2. The molecule has 0 aromatic heterocycles. The maximum absolute atomic E-state index is 4.50. The van der Waals surface area contributed by atoms with Gasteiger partial charge in [0.25, 0.3) is 0 Å². The first-order valence-electron chi connectivity index (χ1n) is 1.15. The highest BCUT2D eigenvalue weighted by atomic mass is 16.8. The Bertz CT molecular complexity index is 14.0. The molecule has 1 saturated heterocycles. The van der Waals surface area contributed by atoms with E-state index in [9.17, 15) is 0 Å². The number of rotatable bonds is 0. The van der Waals surface area contributed by atoms with Crippen molar-refractivity contribution in [3.63, 3.8) is 0 Å². The number of hydrogen-bond donors (Lipinski definition) is 0. The lowest BCUT2D eigenvalue weighted by atomic mass is 10.4. The van der Waals surface area contributed by atoms with Gasteiger partial charge in [-0.15, -0.1) is 0 Å². The Kier molecular flexibility index (Phi) is 0.414. The molecule has 0 atom stereocenters. The van der Waals surface area contributed by atoms with Crippen LogP contribution >= 0.6 is 0 Å². The van der Waals surface area contributed by atoms with E-state index in [0.717, 1.165) is 0 Å². The summed E-state index contributed by atoms with van der Waals surface area (Å²) in [6.07, 6.45) is 0. The highest BCUT2D eigenvalue weighted by Crippen LogP contribution is 1.83. The van der Waals surface area contributed by atoms with Crippen LogP contribution < -0.4 is 0 Å². The third kappa shape index (κ3) is 0.121. The normalized spacial score (nSPS) is 22.0. The van der Waals surface area contributed by atoms with Crippen molar-refractivity contribution in [3.8, 4) is 0 Å². The summed E-state index contributed by atoms with van der Waals surface area (Å²) in [6.45, 7) is 0.500. The minimum absolute atomic E-state index is 0.500. The molecule has 0 aromatic rings. The van der Waals surface area contributed by atoms with Gasteiger partial charge in [0.2, 0.25) is 0 Å². The van der Waals surface area contributed by atoms with Gasteiger partial charge in [-0.1, -0.05) is 0 Å². The Balaban J connectivity index is 2.00. The highest BCUT2D eigenvalue weighted by Gasteiger charge is 1.98. The molecular weight excluding hydrogens is 54.8 g/mol. The maximum atomic E-state index is 4.50. The zero-order valence-electron chi connectivity index (χ0n) is 2.23. The molecule has 1 aliphatic heterocycles. The predicted molar refractivity (Wildman–Crippen MR) is 14.2 cm³/mol. The standard InChI is InChI=1S/CH3BO2/c1-3-2-4-1/h2H,1H2. The van der Waals surface area contributed by atoms with Crippen LogP contribution in [0.15, 0.2) is 0 Å². The lowest BCUT2D eigenvalue weighted by Gasteiger charge is -2.09. The van der Waals surface area contributed by atoms with Gasteiger partial charge in [0.15, 0.2) is 0 Å². The van der Waals surface area contributed by atoms with E-state index < -0.39 is 0 Å². The Morgan fingerprint density at radius 3 is 1.75 bits per heavy atom. The van der Waals surface area contributed by atoms with Crippen molar-refractivity contribution in [1.29, 1.82) is 0 Å². The Labute approximate surface area is 25.0 Å². The molecule has 0 bridgehead atoms. The molecule has 0 aromatic carbocycles. The second kappa shape index (κ2) is 0.741. The van der Waals surface area contributed by atoms with Crippen LogP contribution in [0.25, 0.3) is 0 Å². The average Bonchev–Trinajstić information content (AvgIpc) is 0.722. The van der Waals surface area contributed by atoms with Crippen molar-refractivity contribution >= 4 is 7.69 Å². The minimum atomic E-state index is 0.500. The molecule has 1 rings (SSSR count). The summed E-state index contributed by atoms with van der Waals surface area (Å²) in [5.41, 5.74) is 0. The molecule has 0 unspecified atom stereocenters. The van der Waals surface area contributed by atoms with Crippen molar-refractivity contribution in [2.45, 2.75) is 0 Å². The Hall–Kier alpha value is -0.0151. The molecule has 2 nitrogen and oxygen atoms in total. The molecule has 0 spiro atoms. The summed E-state index contributed by atoms with van der Waals surface area (Å²) in [5, 5.41) is 0. The van der Waals surface area contributed by atoms with Gasteiger partial charge in [0.05, 0.1) is 0 Å². The molecule has 0 saturated carbocycles. The van der Waals surface area contributed by atoms with Crippen LogP contribution in [0.3, 0.4) is 0 Å². The molecular formula is CH3BO2. The Morgan fingerprint density at radius 2 is 1.75 bits per heavy atom. The van der Waals surface area contributed by atoms with Crippen LogP contribution in [0, 0.1) is 0 Å². The van der Waals surface area contributed by atoms with Crippen molar-refractivity contribution in [2.75, 3.05) is 6.79 Å². The first-order valence-corrected chi connectivity index (χ1v) is 1.15. The van der Waals surface area contributed by atoms with Crippen molar-refractivity contribution < 1.29 is 9.31 Å². The Morgan fingerprint density at radius 1 is 1.50 bits per heavy atom. The molecule has 3 heteroatoms. The summed E-state index contributed by atoms with van der Waals surface area (Å²) in [4.78, 5) is 0. The van der Waals surface area contributed by atoms with E-state index in [1.807, 2.05) is 0 Å². The van der Waals surface area contributed by atoms with Gasteiger partial charge in [-0.25, -0.2) is 0 Å². The summed E-state index contributed by atoms with van der Waals surface area (Å²) in [7, 11) is 0.500. The van der Waals surface area contributed by atoms with Gasteiger partial charge in [0, 0.05) is 0 Å². The van der Waals surface area contributed by atoms with Crippen LogP contribution in [-0.2, 0) is 9.31 Å². The molecule has 0 aliphatic carbocycles. The van der Waals surface area contributed by atoms with E-state index in [4.69, 9.17) is 0 Å². The molecule has 1 aliphatic rings. The zero-order chi connectivity index (χ0) is 2.83. The van der Waals surface area contributed by atoms with E-state index in [-0.39, 0.29) is 0 Å². The largest absolute Gasteiger partial charge is 0.441 e. The smallest absolute Gasteiger partial charge is 0.392 e. The second-order valence-electron chi connectivity index (χ2n) is 0.644. The molecule has 0 N–H and O–H groups in total. The van der Waals surface area contributed by atoms with Gasteiger partial charge in [0.1, 0.15) is 6.79 Å². The van der Waals surface area contributed by atoms with E-state index in [0.29, 0.717) is 14.5 Å². The first kappa shape index (κ1) is 2.24. The van der Waals surface area contributed by atoms with Crippen LogP contribution in [-0.4, -0.2) is 14.5 Å². The summed E-state index contributed by atoms with van der Waals surface area (Å²) < 4.78 is 9.00. The highest BCUT2D eigenvalue weighted by molar-refractivity contribution is 6.20. The van der Waals surface area contributed by atoms with Gasteiger partial charge >= 0.3 is 7.69 Å². The van der Waals surface area contributed by atoms with Gasteiger partial charge < -0.3 is 9.31 Å². The van der Waals surface area contributed by atoms with Crippen LogP contribution in [0.5, 0.6) is 0 Å². The fourth-order valence-electron chi connectivity index (χ4n) is 0.0833. The van der Waals surface area contributed by atoms with Crippen molar-refractivity contribution in [2.24, 2.45) is 0 Å². The lowest BCUT2D eigenvalue weighted by molar-refractivity contribution is 0.00920. The summed E-state index contributed by atoms with van der Waals surface area (Å²) in [6, 6.07) is 0. The lowest BCUT2D eigenvalue weighted by Crippen LogP contribution is -2.18. The van der Waals surface area contributed by atoms with Crippen LogP contribution in [0.1, 0.15) is 0 Å². The second-order valence-corrected chi connectivity index (χ2v) is 0.644. The first-order chi connectivity index (χ1) is 2.00. The monoisotopic (exact) mass is 58.0 g/mol.